The second-order valence-electron chi connectivity index (χ2n) is 4.09. The molecule has 80 valence electrons. The molecular weight excluding hydrogens is 188 g/mol. The minimum Gasteiger partial charge on any atom is -0.356 e. The smallest absolute Gasteiger partial charge is 0.167 e. The van der Waals surface area contributed by atoms with E-state index in [9.17, 15) is 0 Å². The van der Waals surface area contributed by atoms with Crippen LogP contribution in [0.25, 0.3) is 11.0 Å². The zero-order valence-electron chi connectivity index (χ0n) is 9.16. The number of fused-ring (bicyclic) bond motifs is 1. The van der Waals surface area contributed by atoms with E-state index in [-0.39, 0.29) is 0 Å². The molecule has 1 heterocycles. The third-order valence-electron chi connectivity index (χ3n) is 2.54. The zero-order chi connectivity index (χ0) is 10.8. The van der Waals surface area contributed by atoms with Gasteiger partial charge < -0.3 is 10.3 Å². The van der Waals surface area contributed by atoms with Crippen LogP contribution in [0, 0.1) is 0 Å². The molecule has 0 spiro atoms. The maximum Gasteiger partial charge on any atom is 0.167 e. The Kier molecular flexibility index (Phi) is 2.73. The van der Waals surface area contributed by atoms with Crippen LogP contribution >= 0.6 is 0 Å². The molecule has 0 saturated heterocycles. The minimum absolute atomic E-state index is 0.395. The van der Waals surface area contributed by atoms with E-state index in [1.54, 1.807) is 0 Å². The first-order valence-corrected chi connectivity index (χ1v) is 5.30. The second kappa shape index (κ2) is 4.03. The topological polar surface area (TPSA) is 52.0 Å². The van der Waals surface area contributed by atoms with Gasteiger partial charge in [0.05, 0.1) is 5.69 Å². The Labute approximate surface area is 89.2 Å². The van der Waals surface area contributed by atoms with Crippen molar-refractivity contribution in [2.45, 2.75) is 26.2 Å². The lowest BCUT2D eigenvalue weighted by Crippen LogP contribution is -2.02. The van der Waals surface area contributed by atoms with Gasteiger partial charge in [-0.25, -0.2) is 0 Å². The molecule has 2 N–H and O–H groups in total. The third-order valence-corrected chi connectivity index (χ3v) is 2.54. The van der Waals surface area contributed by atoms with E-state index in [0.29, 0.717) is 12.5 Å². The van der Waals surface area contributed by atoms with Crippen LogP contribution in [-0.2, 0) is 6.42 Å². The molecule has 0 fully saturated rings. The van der Waals surface area contributed by atoms with Gasteiger partial charge in [-0.3, -0.25) is 0 Å². The summed E-state index contributed by atoms with van der Waals surface area (Å²) in [6.45, 7) is 4.90. The molecule has 2 rings (SSSR count). The Morgan fingerprint density at radius 1 is 1.40 bits per heavy atom. The summed E-state index contributed by atoms with van der Waals surface area (Å²) in [6, 6.07) is 6.20. The van der Waals surface area contributed by atoms with E-state index in [1.165, 1.54) is 5.56 Å². The fourth-order valence-electron chi connectivity index (χ4n) is 1.74. The fourth-order valence-corrected chi connectivity index (χ4v) is 1.74. The molecule has 0 radical (unpaired) electrons. The van der Waals surface area contributed by atoms with Gasteiger partial charge in [-0.05, 0) is 36.6 Å². The molecule has 0 saturated carbocycles. The molecule has 1 aromatic heterocycles. The Bertz CT molecular complexity index is 460. The quantitative estimate of drug-likeness (QED) is 0.835. The van der Waals surface area contributed by atoms with Gasteiger partial charge in [-0.1, -0.05) is 25.1 Å². The highest BCUT2D eigenvalue weighted by Crippen LogP contribution is 2.25. The molecule has 0 bridgehead atoms. The van der Waals surface area contributed by atoms with Crippen LogP contribution in [0.15, 0.2) is 22.7 Å². The molecule has 1 aromatic carbocycles. The predicted molar refractivity (Wildman–Crippen MR) is 60.9 cm³/mol. The highest BCUT2D eigenvalue weighted by atomic mass is 16.5. The maximum atomic E-state index is 5.51. The molecule has 0 aliphatic heterocycles. The molecular formula is C12H16N2O. The van der Waals surface area contributed by atoms with Gasteiger partial charge in [0.25, 0.3) is 0 Å². The minimum atomic E-state index is 0.395. The standard InChI is InChI=1S/C12H16N2O/c1-8(2)12-10-4-3-9(5-6-13)7-11(10)15-14-12/h3-4,7-8H,5-6,13H2,1-2H3. The summed E-state index contributed by atoms with van der Waals surface area (Å²) in [7, 11) is 0. The number of rotatable bonds is 3. The Morgan fingerprint density at radius 2 is 2.20 bits per heavy atom. The SMILES string of the molecule is CC(C)c1noc2cc(CCN)ccc12. The highest BCUT2D eigenvalue weighted by Gasteiger charge is 2.11. The average Bonchev–Trinajstić information content (AvgIpc) is 2.61. The lowest BCUT2D eigenvalue weighted by molar-refractivity contribution is 0.441. The number of hydrogen-bond donors (Lipinski definition) is 1. The van der Waals surface area contributed by atoms with Crippen molar-refractivity contribution >= 4 is 11.0 Å². The van der Waals surface area contributed by atoms with Crippen molar-refractivity contribution in [3.8, 4) is 0 Å². The molecule has 15 heavy (non-hydrogen) atoms. The molecule has 2 aromatic rings. The van der Waals surface area contributed by atoms with Gasteiger partial charge in [0.15, 0.2) is 5.58 Å². The van der Waals surface area contributed by atoms with Crippen molar-refractivity contribution in [2.75, 3.05) is 6.54 Å². The molecule has 3 nitrogen and oxygen atoms in total. The largest absolute Gasteiger partial charge is 0.356 e. The first kappa shape index (κ1) is 10.2. The summed E-state index contributed by atoms with van der Waals surface area (Å²) in [5.74, 6) is 0.395. The van der Waals surface area contributed by atoms with E-state index in [4.69, 9.17) is 10.3 Å². The molecule has 0 amide bonds. The van der Waals surface area contributed by atoms with Gasteiger partial charge in [0, 0.05) is 5.39 Å². The number of aromatic nitrogens is 1. The summed E-state index contributed by atoms with van der Waals surface area (Å²) in [5, 5.41) is 5.21. The van der Waals surface area contributed by atoms with Crippen molar-refractivity contribution in [1.29, 1.82) is 0 Å². The number of hydrogen-bond acceptors (Lipinski definition) is 3. The Balaban J connectivity index is 2.47. The zero-order valence-corrected chi connectivity index (χ0v) is 9.16. The van der Waals surface area contributed by atoms with Gasteiger partial charge in [-0.15, -0.1) is 0 Å². The summed E-state index contributed by atoms with van der Waals surface area (Å²) < 4.78 is 5.31. The van der Waals surface area contributed by atoms with Crippen LogP contribution in [0.3, 0.4) is 0 Å². The summed E-state index contributed by atoms with van der Waals surface area (Å²) in [4.78, 5) is 0. The number of nitrogens with two attached hydrogens (primary N) is 1. The van der Waals surface area contributed by atoms with E-state index in [0.717, 1.165) is 23.1 Å². The van der Waals surface area contributed by atoms with E-state index in [1.807, 2.05) is 6.07 Å². The van der Waals surface area contributed by atoms with Crippen molar-refractivity contribution in [3.05, 3.63) is 29.5 Å². The summed E-state index contributed by atoms with van der Waals surface area (Å²) in [5.41, 5.74) is 8.61. The lowest BCUT2D eigenvalue weighted by Gasteiger charge is -2.00. The molecule has 0 unspecified atom stereocenters. The van der Waals surface area contributed by atoms with Crippen molar-refractivity contribution < 1.29 is 4.52 Å². The Morgan fingerprint density at radius 3 is 2.87 bits per heavy atom. The third kappa shape index (κ3) is 1.88. The maximum absolute atomic E-state index is 5.51. The van der Waals surface area contributed by atoms with Crippen LogP contribution in [0.4, 0.5) is 0 Å². The van der Waals surface area contributed by atoms with Crippen LogP contribution in [0.2, 0.25) is 0 Å². The normalized spacial score (nSPS) is 11.5. The van der Waals surface area contributed by atoms with Gasteiger partial charge in [0.2, 0.25) is 0 Å². The molecule has 0 atom stereocenters. The van der Waals surface area contributed by atoms with Crippen LogP contribution in [0.1, 0.15) is 31.0 Å². The fraction of sp³-hybridized carbons (Fsp3) is 0.417. The monoisotopic (exact) mass is 204 g/mol. The summed E-state index contributed by atoms with van der Waals surface area (Å²) >= 11 is 0. The van der Waals surface area contributed by atoms with E-state index in [2.05, 4.69) is 31.1 Å². The number of nitrogens with zero attached hydrogens (tertiary/aromatic N) is 1. The first-order chi connectivity index (χ1) is 7.22. The van der Waals surface area contributed by atoms with Crippen LogP contribution in [-0.4, -0.2) is 11.7 Å². The first-order valence-electron chi connectivity index (χ1n) is 5.30. The van der Waals surface area contributed by atoms with Gasteiger partial charge in [-0.2, -0.15) is 0 Å². The predicted octanol–water partition coefficient (Wildman–Crippen LogP) is 2.45. The average molecular weight is 204 g/mol. The van der Waals surface area contributed by atoms with E-state index < -0.39 is 0 Å². The van der Waals surface area contributed by atoms with Gasteiger partial charge >= 0.3 is 0 Å². The molecule has 3 heteroatoms. The number of benzene rings is 1. The van der Waals surface area contributed by atoms with Crippen LogP contribution in [0.5, 0.6) is 0 Å². The van der Waals surface area contributed by atoms with Gasteiger partial charge in [0.1, 0.15) is 0 Å². The van der Waals surface area contributed by atoms with Crippen molar-refractivity contribution in [1.82, 2.24) is 5.16 Å². The van der Waals surface area contributed by atoms with Crippen LogP contribution < -0.4 is 5.73 Å². The Hall–Kier alpha value is -1.35. The summed E-state index contributed by atoms with van der Waals surface area (Å²) in [6.07, 6.45) is 0.883. The molecule has 0 aliphatic rings. The lowest BCUT2D eigenvalue weighted by atomic mass is 10.0. The van der Waals surface area contributed by atoms with Crippen molar-refractivity contribution in [2.24, 2.45) is 5.73 Å². The van der Waals surface area contributed by atoms with E-state index >= 15 is 0 Å². The molecule has 0 aliphatic carbocycles. The highest BCUT2D eigenvalue weighted by molar-refractivity contribution is 5.80. The van der Waals surface area contributed by atoms with Crippen molar-refractivity contribution in [3.63, 3.8) is 0 Å². The second-order valence-corrected chi connectivity index (χ2v) is 4.09.